The first-order chi connectivity index (χ1) is 28.0. The highest BCUT2D eigenvalue weighted by molar-refractivity contribution is 6.32. The van der Waals surface area contributed by atoms with Crippen molar-refractivity contribution in [1.82, 2.24) is 0 Å². The van der Waals surface area contributed by atoms with Crippen LogP contribution in [0.4, 0.5) is 32.8 Å². The Bertz CT molecular complexity index is 2560. The zero-order valence-corrected chi connectivity index (χ0v) is 32.3. The minimum absolute atomic E-state index is 0.0856. The summed E-state index contributed by atoms with van der Waals surface area (Å²) < 4.78 is 15.4. The molecule has 0 spiro atoms. The van der Waals surface area contributed by atoms with Gasteiger partial charge in [0.1, 0.15) is 0 Å². The monoisotopic (exact) mass is 793 g/mol. The van der Waals surface area contributed by atoms with Gasteiger partial charge in [-0.1, -0.05) is 65.7 Å². The summed E-state index contributed by atoms with van der Waals surface area (Å²) in [6.45, 7) is 0. The van der Waals surface area contributed by atoms with Crippen LogP contribution in [0, 0.1) is 29.5 Å². The second-order valence-electron chi connectivity index (χ2n) is 15.4. The Labute approximate surface area is 338 Å². The lowest BCUT2D eigenvalue weighted by Crippen LogP contribution is -2.53. The molecule has 0 aromatic heterocycles. The van der Waals surface area contributed by atoms with Gasteiger partial charge < -0.3 is 10.0 Å². The van der Waals surface area contributed by atoms with Crippen LogP contribution in [0.5, 0.6) is 5.75 Å². The van der Waals surface area contributed by atoms with Crippen LogP contribution in [0.2, 0.25) is 5.02 Å². The van der Waals surface area contributed by atoms with Crippen LogP contribution in [0.3, 0.4) is 0 Å². The number of imide groups is 2. The second kappa shape index (κ2) is 14.2. The van der Waals surface area contributed by atoms with Crippen molar-refractivity contribution in [3.63, 3.8) is 0 Å². The number of fused-ring (bicyclic) bond motifs is 4. The van der Waals surface area contributed by atoms with Crippen molar-refractivity contribution < 1.29 is 28.7 Å². The van der Waals surface area contributed by atoms with E-state index in [9.17, 15) is 19.5 Å². The first-order valence-electron chi connectivity index (χ1n) is 19.0. The predicted octanol–water partition coefficient (Wildman–Crippen LogP) is 9.03. The molecule has 290 valence electrons. The fraction of sp³-hybridized carbons (Fsp3) is 0.217. The fourth-order valence-corrected chi connectivity index (χ4v) is 9.86. The Morgan fingerprint density at radius 2 is 1.43 bits per heavy atom. The first kappa shape index (κ1) is 37.1. The first-order valence-corrected chi connectivity index (χ1v) is 19.4. The van der Waals surface area contributed by atoms with E-state index in [0.29, 0.717) is 44.5 Å². The summed E-state index contributed by atoms with van der Waals surface area (Å²) in [6, 6.07) is 33.8. The molecule has 12 heteroatoms. The maximum atomic E-state index is 15.4. The van der Waals surface area contributed by atoms with Crippen LogP contribution >= 0.6 is 11.6 Å². The van der Waals surface area contributed by atoms with Crippen molar-refractivity contribution in [3.8, 4) is 5.75 Å². The van der Waals surface area contributed by atoms with Crippen molar-refractivity contribution in [2.75, 3.05) is 28.8 Å². The molecule has 5 aromatic carbocycles. The van der Waals surface area contributed by atoms with Gasteiger partial charge in [-0.15, -0.1) is 0 Å². The van der Waals surface area contributed by atoms with Gasteiger partial charge in [0.15, 0.2) is 11.6 Å². The summed E-state index contributed by atoms with van der Waals surface area (Å²) in [7, 11) is 3.91. The molecular formula is C46H37ClFN5O5. The molecule has 2 saturated heterocycles. The minimum atomic E-state index is -1.57. The normalized spacial score (nSPS) is 25.2. The lowest BCUT2D eigenvalue weighted by atomic mass is 9.49. The average Bonchev–Trinajstić information content (AvgIpc) is 3.62. The van der Waals surface area contributed by atoms with Gasteiger partial charge in [0.25, 0.3) is 0 Å². The molecule has 4 aliphatic rings. The highest BCUT2D eigenvalue weighted by Gasteiger charge is 2.70. The van der Waals surface area contributed by atoms with Crippen LogP contribution in [-0.2, 0) is 24.6 Å². The standard InChI is InChI=1S/C46H37ClFN5O5/c1-51(2)31-16-12-29(13-17-31)49-50-30-14-18-32(19-15-30)52-42(55)35-21-20-34-36(40(35)44(52)57)25-37-43(56)53(33-10-6-9-28(47)24-33)45(58)46(37,27-7-4-3-5-8-27)41(34)26-11-22-39(54)38(48)23-26/h3-20,22-24,35-37,40-41,54H,21,25H2,1-2H3. The third kappa shape index (κ3) is 5.74. The van der Waals surface area contributed by atoms with E-state index in [0.717, 1.165) is 10.6 Å². The van der Waals surface area contributed by atoms with Gasteiger partial charge in [0, 0.05) is 30.7 Å². The van der Waals surface area contributed by atoms with Crippen molar-refractivity contribution in [3.05, 3.63) is 155 Å². The average molecular weight is 794 g/mol. The Kier molecular flexibility index (Phi) is 9.08. The molecule has 5 aromatic rings. The molecule has 9 rings (SSSR count). The molecule has 1 saturated carbocycles. The molecule has 4 amide bonds. The van der Waals surface area contributed by atoms with Crippen molar-refractivity contribution in [2.24, 2.45) is 33.9 Å². The van der Waals surface area contributed by atoms with Crippen molar-refractivity contribution in [2.45, 2.75) is 24.2 Å². The zero-order chi connectivity index (χ0) is 40.5. The number of nitrogens with zero attached hydrogens (tertiary/aromatic N) is 5. The largest absolute Gasteiger partial charge is 0.505 e. The molecule has 6 atom stereocenters. The van der Waals surface area contributed by atoms with Gasteiger partial charge in [0.2, 0.25) is 23.6 Å². The molecular weight excluding hydrogens is 757 g/mol. The van der Waals surface area contributed by atoms with Gasteiger partial charge in [-0.2, -0.15) is 10.2 Å². The zero-order valence-electron chi connectivity index (χ0n) is 31.5. The number of phenols is 1. The molecule has 10 nitrogen and oxygen atoms in total. The number of carbonyl (C=O) groups excluding carboxylic acids is 4. The molecule has 1 N–H and O–H groups in total. The van der Waals surface area contributed by atoms with Gasteiger partial charge in [-0.3, -0.25) is 24.1 Å². The minimum Gasteiger partial charge on any atom is -0.505 e. The Morgan fingerprint density at radius 3 is 2.09 bits per heavy atom. The third-order valence-corrected chi connectivity index (χ3v) is 12.5. The molecule has 0 radical (unpaired) electrons. The highest BCUT2D eigenvalue weighted by atomic mass is 35.5. The van der Waals surface area contributed by atoms with E-state index in [4.69, 9.17) is 11.6 Å². The molecule has 0 bridgehead atoms. The quantitative estimate of drug-likeness (QED) is 0.0997. The van der Waals surface area contributed by atoms with E-state index in [1.54, 1.807) is 78.9 Å². The van der Waals surface area contributed by atoms with Crippen LogP contribution in [-0.4, -0.2) is 42.8 Å². The van der Waals surface area contributed by atoms with E-state index in [1.807, 2.05) is 55.4 Å². The number of azo groups is 1. The van der Waals surface area contributed by atoms with E-state index in [1.165, 1.54) is 17.0 Å². The number of aromatic hydroxyl groups is 1. The Balaban J connectivity index is 1.11. The van der Waals surface area contributed by atoms with Gasteiger partial charge in [0.05, 0.1) is 45.9 Å². The van der Waals surface area contributed by atoms with Crippen LogP contribution in [0.15, 0.2) is 143 Å². The summed E-state index contributed by atoms with van der Waals surface area (Å²) in [4.78, 5) is 63.5. The number of hydrogen-bond acceptors (Lipinski definition) is 8. The van der Waals surface area contributed by atoms with E-state index < -0.39 is 64.3 Å². The van der Waals surface area contributed by atoms with Crippen molar-refractivity contribution >= 4 is 63.7 Å². The number of rotatable bonds is 7. The number of benzene rings is 5. The molecule has 2 aliphatic heterocycles. The number of anilines is 3. The summed E-state index contributed by atoms with van der Waals surface area (Å²) >= 11 is 6.39. The van der Waals surface area contributed by atoms with Gasteiger partial charge >= 0.3 is 0 Å². The molecule has 58 heavy (non-hydrogen) atoms. The molecule has 2 heterocycles. The second-order valence-corrected chi connectivity index (χ2v) is 15.9. The smallest absolute Gasteiger partial charge is 0.246 e. The number of allylic oxidation sites excluding steroid dienone is 2. The summed E-state index contributed by atoms with van der Waals surface area (Å²) in [6.07, 6.45) is 2.19. The number of phenolic OH excluding ortho intramolecular Hbond substituents is 1. The number of amides is 4. The van der Waals surface area contributed by atoms with E-state index in [-0.39, 0.29) is 18.7 Å². The lowest BCUT2D eigenvalue weighted by Gasteiger charge is -2.50. The topological polar surface area (TPSA) is 123 Å². The summed E-state index contributed by atoms with van der Waals surface area (Å²) in [5, 5.41) is 19.3. The number of hydrogen-bond donors (Lipinski definition) is 1. The maximum Gasteiger partial charge on any atom is 0.246 e. The van der Waals surface area contributed by atoms with Crippen LogP contribution < -0.4 is 14.7 Å². The third-order valence-electron chi connectivity index (χ3n) is 12.2. The SMILES string of the molecule is CN(C)c1ccc(N=Nc2ccc(N3C(=O)C4CC=C5C(CC6C(=O)N(c7cccc(Cl)c7)C(=O)C6(c6ccccc6)C5c5ccc(O)c(F)c5)C4C3=O)cc2)cc1. The van der Waals surface area contributed by atoms with E-state index in [2.05, 4.69) is 10.2 Å². The summed E-state index contributed by atoms with van der Waals surface area (Å²) in [5.74, 6) is -7.36. The molecule has 2 aliphatic carbocycles. The van der Waals surface area contributed by atoms with Crippen LogP contribution in [0.25, 0.3) is 0 Å². The fourth-order valence-electron chi connectivity index (χ4n) is 9.68. The predicted molar refractivity (Wildman–Crippen MR) is 218 cm³/mol. The molecule has 6 unspecified atom stereocenters. The summed E-state index contributed by atoms with van der Waals surface area (Å²) in [5.41, 5.74) is 2.93. The van der Waals surface area contributed by atoms with Gasteiger partial charge in [-0.05, 0) is 109 Å². The van der Waals surface area contributed by atoms with E-state index >= 15 is 9.18 Å². The maximum absolute atomic E-state index is 15.4. The lowest BCUT2D eigenvalue weighted by molar-refractivity contribution is -0.127. The molecule has 3 fully saturated rings. The number of carbonyl (C=O) groups is 4. The van der Waals surface area contributed by atoms with Crippen molar-refractivity contribution in [1.29, 1.82) is 0 Å². The van der Waals surface area contributed by atoms with Crippen LogP contribution in [0.1, 0.15) is 29.9 Å². The number of halogens is 2. The Hall–Kier alpha value is -6.46. The highest BCUT2D eigenvalue weighted by Crippen LogP contribution is 2.64. The Morgan fingerprint density at radius 1 is 0.741 bits per heavy atom. The van der Waals surface area contributed by atoms with Gasteiger partial charge in [-0.25, -0.2) is 9.29 Å².